The first-order valence-electron chi connectivity index (χ1n) is 11.6. The molecule has 1 fully saturated rings. The van der Waals surface area contributed by atoms with Gasteiger partial charge >= 0.3 is 0 Å². The molecule has 5 heteroatoms. The fraction of sp³-hybridized carbons (Fsp3) is 0.310. The molecule has 2 unspecified atom stereocenters. The second kappa shape index (κ2) is 11.0. The van der Waals surface area contributed by atoms with Gasteiger partial charge in [-0.25, -0.2) is 13.2 Å². The molecule has 2 nitrogen and oxygen atoms in total. The monoisotopic (exact) mass is 466 g/mol. The third-order valence-corrected chi connectivity index (χ3v) is 6.36. The van der Waals surface area contributed by atoms with E-state index in [2.05, 4.69) is 6.58 Å². The topological polar surface area (TPSA) is 18.5 Å². The highest BCUT2D eigenvalue weighted by molar-refractivity contribution is 5.71. The van der Waals surface area contributed by atoms with Crippen molar-refractivity contribution in [3.63, 3.8) is 0 Å². The third kappa shape index (κ3) is 5.43. The molecule has 0 radical (unpaired) electrons. The maximum atomic E-state index is 14.9. The maximum absolute atomic E-state index is 14.9. The van der Waals surface area contributed by atoms with E-state index in [1.54, 1.807) is 42.5 Å². The van der Waals surface area contributed by atoms with Crippen molar-refractivity contribution in [3.8, 4) is 22.3 Å². The Kier molecular flexibility index (Phi) is 7.86. The van der Waals surface area contributed by atoms with Gasteiger partial charge in [0.1, 0.15) is 5.82 Å². The molecular weight excluding hydrogens is 437 g/mol. The predicted octanol–water partition coefficient (Wildman–Crippen LogP) is 7.81. The van der Waals surface area contributed by atoms with E-state index in [4.69, 9.17) is 9.47 Å². The first-order valence-corrected chi connectivity index (χ1v) is 11.6. The number of benzene rings is 3. The minimum absolute atomic E-state index is 0.00335. The van der Waals surface area contributed by atoms with Gasteiger partial charge < -0.3 is 9.47 Å². The molecule has 0 spiro atoms. The number of ether oxygens (including phenoxy) is 2. The summed E-state index contributed by atoms with van der Waals surface area (Å²) in [6.07, 6.45) is 4.41. The van der Waals surface area contributed by atoms with E-state index in [1.807, 2.05) is 19.1 Å². The van der Waals surface area contributed by atoms with E-state index in [9.17, 15) is 13.2 Å². The largest absolute Gasteiger partial charge is 0.378 e. The smallest absolute Gasteiger partial charge is 0.167 e. The van der Waals surface area contributed by atoms with Gasteiger partial charge in [-0.3, -0.25) is 0 Å². The Morgan fingerprint density at radius 1 is 0.941 bits per heavy atom. The van der Waals surface area contributed by atoms with Crippen LogP contribution in [-0.2, 0) is 16.1 Å². The molecule has 2 atom stereocenters. The molecule has 3 aromatic carbocycles. The van der Waals surface area contributed by atoms with Crippen LogP contribution in [0, 0.1) is 17.5 Å². The highest BCUT2D eigenvalue weighted by Crippen LogP contribution is 2.33. The van der Waals surface area contributed by atoms with Gasteiger partial charge in [0, 0.05) is 17.0 Å². The summed E-state index contributed by atoms with van der Waals surface area (Å²) in [5.74, 6) is -1.99. The lowest BCUT2D eigenvalue weighted by atomic mass is 9.90. The molecule has 1 heterocycles. The lowest BCUT2D eigenvalue weighted by Crippen LogP contribution is -2.22. The first-order chi connectivity index (χ1) is 16.5. The van der Waals surface area contributed by atoms with Crippen molar-refractivity contribution in [2.75, 3.05) is 13.2 Å². The molecule has 0 aliphatic carbocycles. The fourth-order valence-corrected chi connectivity index (χ4v) is 4.28. The van der Waals surface area contributed by atoms with Gasteiger partial charge in [0.25, 0.3) is 0 Å². The van der Waals surface area contributed by atoms with Gasteiger partial charge in [-0.05, 0) is 54.5 Å². The molecule has 1 aliphatic rings. The number of rotatable bonds is 8. The first kappa shape index (κ1) is 24.2. The molecule has 0 aromatic heterocycles. The number of hydrogen-bond acceptors (Lipinski definition) is 2. The molecule has 34 heavy (non-hydrogen) atoms. The summed E-state index contributed by atoms with van der Waals surface area (Å²) < 4.78 is 55.2. The molecule has 4 rings (SSSR count). The van der Waals surface area contributed by atoms with Crippen LogP contribution in [0.15, 0.2) is 67.3 Å². The van der Waals surface area contributed by atoms with Crippen molar-refractivity contribution < 1.29 is 22.6 Å². The average molecular weight is 467 g/mol. The van der Waals surface area contributed by atoms with E-state index in [-0.39, 0.29) is 35.6 Å². The number of halogens is 3. The summed E-state index contributed by atoms with van der Waals surface area (Å²) in [4.78, 5) is 0. The average Bonchev–Trinajstić information content (AvgIpc) is 2.85. The number of hydrogen-bond donors (Lipinski definition) is 0. The Balaban J connectivity index is 1.49. The van der Waals surface area contributed by atoms with Crippen LogP contribution in [0.4, 0.5) is 13.2 Å². The van der Waals surface area contributed by atoms with Crippen LogP contribution in [0.25, 0.3) is 22.3 Å². The minimum Gasteiger partial charge on any atom is -0.378 e. The highest BCUT2D eigenvalue weighted by atomic mass is 19.2. The van der Waals surface area contributed by atoms with Crippen molar-refractivity contribution in [2.24, 2.45) is 0 Å². The lowest BCUT2D eigenvalue weighted by molar-refractivity contribution is 0.0148. The van der Waals surface area contributed by atoms with Crippen LogP contribution in [0.5, 0.6) is 0 Å². The van der Waals surface area contributed by atoms with Crippen LogP contribution in [0.3, 0.4) is 0 Å². The quantitative estimate of drug-likeness (QED) is 0.249. The van der Waals surface area contributed by atoms with Gasteiger partial charge in [-0.2, -0.15) is 0 Å². The Bertz CT molecular complexity index is 1130. The van der Waals surface area contributed by atoms with Crippen LogP contribution in [0.2, 0.25) is 0 Å². The van der Waals surface area contributed by atoms with Gasteiger partial charge in [-0.15, -0.1) is 6.58 Å². The summed E-state index contributed by atoms with van der Waals surface area (Å²) in [6, 6.07) is 15.4. The van der Waals surface area contributed by atoms with Crippen molar-refractivity contribution in [1.29, 1.82) is 0 Å². The zero-order valence-corrected chi connectivity index (χ0v) is 19.3. The Labute approximate surface area is 199 Å². The summed E-state index contributed by atoms with van der Waals surface area (Å²) in [5, 5.41) is 0. The van der Waals surface area contributed by atoms with Crippen molar-refractivity contribution in [1.82, 2.24) is 0 Å². The fourth-order valence-electron chi connectivity index (χ4n) is 4.28. The summed E-state index contributed by atoms with van der Waals surface area (Å²) in [7, 11) is 0. The molecule has 1 aliphatic heterocycles. The van der Waals surface area contributed by atoms with Crippen LogP contribution < -0.4 is 0 Å². The van der Waals surface area contributed by atoms with E-state index in [1.165, 1.54) is 6.07 Å². The molecule has 0 N–H and O–H groups in total. The second-order valence-corrected chi connectivity index (χ2v) is 8.76. The lowest BCUT2D eigenvalue weighted by Gasteiger charge is -2.27. The van der Waals surface area contributed by atoms with Gasteiger partial charge in [0.15, 0.2) is 11.6 Å². The third-order valence-electron chi connectivity index (χ3n) is 6.36. The standard InChI is InChI=1S/C29H29F3O2/c1-3-4-15-33-17-24-12-14-26(29(32)28(24)31)21-9-7-20(8-10-21)22-11-13-25(27(30)16-22)23-6-5-19(2)34-18-23/h3,7-14,16,19,23H,1,4-6,15,17-18H2,2H3. The normalized spacial score (nSPS) is 18.1. The van der Waals surface area contributed by atoms with Gasteiger partial charge in [-0.1, -0.05) is 54.6 Å². The Morgan fingerprint density at radius 3 is 2.35 bits per heavy atom. The predicted molar refractivity (Wildman–Crippen MR) is 129 cm³/mol. The van der Waals surface area contributed by atoms with Gasteiger partial charge in [0.05, 0.1) is 25.9 Å². The Hall–Kier alpha value is -2.89. The molecule has 0 amide bonds. The SMILES string of the molecule is C=CCCOCc1ccc(-c2ccc(-c3ccc(C4CCC(C)OC4)c(F)c3)cc2)c(F)c1F. The molecule has 3 aromatic rings. The van der Waals surface area contributed by atoms with E-state index in [0.29, 0.717) is 30.8 Å². The second-order valence-electron chi connectivity index (χ2n) is 8.76. The zero-order valence-electron chi connectivity index (χ0n) is 19.3. The van der Waals surface area contributed by atoms with Crippen LogP contribution in [-0.4, -0.2) is 19.3 Å². The van der Waals surface area contributed by atoms with Crippen molar-refractivity contribution in [2.45, 2.75) is 44.8 Å². The van der Waals surface area contributed by atoms with Crippen molar-refractivity contribution in [3.05, 3.63) is 95.8 Å². The van der Waals surface area contributed by atoms with E-state index >= 15 is 0 Å². The summed E-state index contributed by atoms with van der Waals surface area (Å²) >= 11 is 0. The minimum atomic E-state index is -0.906. The molecule has 0 bridgehead atoms. The van der Waals surface area contributed by atoms with E-state index in [0.717, 1.165) is 24.0 Å². The summed E-state index contributed by atoms with van der Waals surface area (Å²) in [6.45, 7) is 6.58. The zero-order chi connectivity index (χ0) is 24.1. The van der Waals surface area contributed by atoms with Crippen LogP contribution in [0.1, 0.15) is 43.2 Å². The van der Waals surface area contributed by atoms with Crippen molar-refractivity contribution >= 4 is 0 Å². The highest BCUT2D eigenvalue weighted by Gasteiger charge is 2.23. The maximum Gasteiger partial charge on any atom is 0.167 e. The molecule has 178 valence electrons. The Morgan fingerprint density at radius 2 is 1.68 bits per heavy atom. The van der Waals surface area contributed by atoms with Gasteiger partial charge in [0.2, 0.25) is 0 Å². The van der Waals surface area contributed by atoms with E-state index < -0.39 is 11.6 Å². The molecular formula is C29H29F3O2. The molecule has 0 saturated carbocycles. The summed E-state index contributed by atoms with van der Waals surface area (Å²) in [5.41, 5.74) is 3.11. The molecule has 1 saturated heterocycles. The van der Waals surface area contributed by atoms with Crippen LogP contribution >= 0.6 is 0 Å².